The SMILES string of the molecule is N#CC(=Cc1ccc(-c2ccccc2[N+](=O)[O-])o1)c1nc2ccc(Cl)cc2c(=O)[nH]1. The molecule has 9 heteroatoms. The maximum atomic E-state index is 12.3. The Balaban J connectivity index is 1.76. The van der Waals surface area contributed by atoms with Gasteiger partial charge in [-0.2, -0.15) is 5.26 Å². The molecule has 0 unspecified atom stereocenters. The van der Waals surface area contributed by atoms with Crippen molar-refractivity contribution in [1.29, 1.82) is 5.26 Å². The lowest BCUT2D eigenvalue weighted by molar-refractivity contribution is -0.384. The van der Waals surface area contributed by atoms with Gasteiger partial charge in [0.05, 0.1) is 27.0 Å². The highest BCUT2D eigenvalue weighted by atomic mass is 35.5. The Morgan fingerprint density at radius 1 is 1.23 bits per heavy atom. The third kappa shape index (κ3) is 3.57. The fraction of sp³-hybridized carbons (Fsp3) is 0. The molecule has 0 aliphatic rings. The topological polar surface area (TPSA) is 126 Å². The van der Waals surface area contributed by atoms with E-state index in [-0.39, 0.29) is 28.6 Å². The average molecular weight is 419 g/mol. The molecule has 2 aromatic carbocycles. The van der Waals surface area contributed by atoms with Crippen molar-refractivity contribution in [2.24, 2.45) is 0 Å². The summed E-state index contributed by atoms with van der Waals surface area (Å²) in [5.74, 6) is 0.625. The molecule has 0 spiro atoms. The monoisotopic (exact) mass is 418 g/mol. The number of nitro benzene ring substituents is 1. The largest absolute Gasteiger partial charge is 0.456 e. The van der Waals surface area contributed by atoms with Gasteiger partial charge in [-0.05, 0) is 36.4 Å². The van der Waals surface area contributed by atoms with Gasteiger partial charge in [0.2, 0.25) is 0 Å². The minimum absolute atomic E-state index is 0.0624. The molecular formula is C21H11ClN4O4. The summed E-state index contributed by atoms with van der Waals surface area (Å²) in [6.45, 7) is 0. The van der Waals surface area contributed by atoms with Crippen LogP contribution >= 0.6 is 11.6 Å². The third-order valence-corrected chi connectivity index (χ3v) is 4.56. The van der Waals surface area contributed by atoms with E-state index >= 15 is 0 Å². The maximum absolute atomic E-state index is 12.3. The van der Waals surface area contributed by atoms with Gasteiger partial charge >= 0.3 is 0 Å². The fourth-order valence-electron chi connectivity index (χ4n) is 2.95. The zero-order valence-corrected chi connectivity index (χ0v) is 15.9. The van der Waals surface area contributed by atoms with Crippen LogP contribution in [0.3, 0.4) is 0 Å². The third-order valence-electron chi connectivity index (χ3n) is 4.32. The lowest BCUT2D eigenvalue weighted by Gasteiger charge is -2.02. The minimum atomic E-state index is -0.496. The van der Waals surface area contributed by atoms with E-state index in [4.69, 9.17) is 16.0 Å². The molecule has 8 nitrogen and oxygen atoms in total. The Morgan fingerprint density at radius 2 is 2.03 bits per heavy atom. The zero-order valence-electron chi connectivity index (χ0n) is 15.1. The number of furan rings is 1. The molecule has 0 amide bonds. The number of fused-ring (bicyclic) bond motifs is 1. The predicted molar refractivity (Wildman–Crippen MR) is 112 cm³/mol. The van der Waals surface area contributed by atoms with Crippen LogP contribution in [0.15, 0.2) is 63.8 Å². The number of hydrogen-bond donors (Lipinski definition) is 1. The maximum Gasteiger partial charge on any atom is 0.280 e. The number of para-hydroxylation sites is 1. The molecule has 0 aliphatic carbocycles. The molecule has 0 saturated carbocycles. The number of allylic oxidation sites excluding steroid dienone is 1. The molecular weight excluding hydrogens is 408 g/mol. The predicted octanol–water partition coefficient (Wildman–Crippen LogP) is 4.81. The van der Waals surface area contributed by atoms with Gasteiger partial charge in [-0.1, -0.05) is 23.7 Å². The summed E-state index contributed by atoms with van der Waals surface area (Å²) in [5.41, 5.74) is 0.238. The molecule has 146 valence electrons. The van der Waals surface area contributed by atoms with Crippen LogP contribution in [-0.2, 0) is 0 Å². The Bertz CT molecular complexity index is 1430. The number of aromatic nitrogens is 2. The van der Waals surface area contributed by atoms with Crippen molar-refractivity contribution < 1.29 is 9.34 Å². The second-order valence-electron chi connectivity index (χ2n) is 6.22. The quantitative estimate of drug-likeness (QED) is 0.288. The molecule has 0 bridgehead atoms. The first-order chi connectivity index (χ1) is 14.5. The highest BCUT2D eigenvalue weighted by Crippen LogP contribution is 2.31. The van der Waals surface area contributed by atoms with Gasteiger partial charge in [0.15, 0.2) is 5.82 Å². The summed E-state index contributed by atoms with van der Waals surface area (Å²) >= 11 is 5.91. The molecule has 0 saturated heterocycles. The Morgan fingerprint density at radius 3 is 2.80 bits per heavy atom. The van der Waals surface area contributed by atoms with Gasteiger partial charge in [0.1, 0.15) is 17.6 Å². The molecule has 2 heterocycles. The first-order valence-corrected chi connectivity index (χ1v) is 8.99. The van der Waals surface area contributed by atoms with E-state index < -0.39 is 10.5 Å². The lowest BCUT2D eigenvalue weighted by Crippen LogP contribution is -2.11. The van der Waals surface area contributed by atoms with Crippen LogP contribution < -0.4 is 5.56 Å². The number of halogens is 1. The number of nitrogens with zero attached hydrogens (tertiary/aromatic N) is 3. The Labute approximate surface area is 173 Å². The van der Waals surface area contributed by atoms with Crippen molar-refractivity contribution in [1.82, 2.24) is 9.97 Å². The number of benzene rings is 2. The van der Waals surface area contributed by atoms with Gasteiger partial charge in [-0.3, -0.25) is 14.9 Å². The first-order valence-electron chi connectivity index (χ1n) is 8.61. The van der Waals surface area contributed by atoms with E-state index in [1.54, 1.807) is 42.5 Å². The second kappa shape index (κ2) is 7.66. The number of nitriles is 1. The molecule has 2 aromatic heterocycles. The molecule has 0 radical (unpaired) electrons. The number of nitrogens with one attached hydrogen (secondary N) is 1. The highest BCUT2D eigenvalue weighted by molar-refractivity contribution is 6.31. The van der Waals surface area contributed by atoms with E-state index in [9.17, 15) is 20.2 Å². The molecule has 0 atom stereocenters. The molecule has 30 heavy (non-hydrogen) atoms. The molecule has 4 rings (SSSR count). The van der Waals surface area contributed by atoms with Crippen molar-refractivity contribution >= 4 is 39.8 Å². The highest BCUT2D eigenvalue weighted by Gasteiger charge is 2.17. The summed E-state index contributed by atoms with van der Waals surface area (Å²) in [6, 6.07) is 16.0. The number of rotatable bonds is 4. The van der Waals surface area contributed by atoms with E-state index in [2.05, 4.69) is 9.97 Å². The van der Waals surface area contributed by atoms with Crippen LogP contribution in [0.25, 0.3) is 33.9 Å². The van der Waals surface area contributed by atoms with Crippen molar-refractivity contribution in [2.45, 2.75) is 0 Å². The van der Waals surface area contributed by atoms with Crippen LogP contribution in [0.4, 0.5) is 5.69 Å². The molecule has 1 N–H and O–H groups in total. The van der Waals surface area contributed by atoms with Crippen molar-refractivity contribution in [3.8, 4) is 17.4 Å². The first kappa shape index (κ1) is 19.1. The minimum Gasteiger partial charge on any atom is -0.456 e. The summed E-state index contributed by atoms with van der Waals surface area (Å²) in [6.07, 6.45) is 1.40. The normalized spacial score (nSPS) is 11.4. The van der Waals surface area contributed by atoms with Crippen LogP contribution in [0.5, 0.6) is 0 Å². The van der Waals surface area contributed by atoms with E-state index in [1.807, 2.05) is 6.07 Å². The van der Waals surface area contributed by atoms with Crippen LogP contribution in [-0.4, -0.2) is 14.9 Å². The van der Waals surface area contributed by atoms with Crippen LogP contribution in [0.1, 0.15) is 11.6 Å². The standard InChI is InChI=1S/C21H11ClN4O4/c22-13-5-7-17-16(10-13)21(27)25-20(24-17)12(11-23)9-14-6-8-19(30-14)15-3-1-2-4-18(15)26(28)29/h1-10H,(H,24,25,27). The number of aromatic amines is 1. The van der Waals surface area contributed by atoms with Crippen molar-refractivity contribution in [2.75, 3.05) is 0 Å². The molecule has 4 aromatic rings. The summed E-state index contributed by atoms with van der Waals surface area (Å²) < 4.78 is 5.68. The van der Waals surface area contributed by atoms with Gasteiger partial charge in [-0.15, -0.1) is 0 Å². The average Bonchev–Trinajstić information content (AvgIpc) is 3.21. The zero-order chi connectivity index (χ0) is 21.3. The molecule has 0 fully saturated rings. The van der Waals surface area contributed by atoms with E-state index in [0.29, 0.717) is 21.5 Å². The summed E-state index contributed by atoms with van der Waals surface area (Å²) in [7, 11) is 0. The van der Waals surface area contributed by atoms with Gasteiger partial charge in [0, 0.05) is 17.2 Å². The number of nitro groups is 1. The Hall–Kier alpha value is -4.22. The smallest absolute Gasteiger partial charge is 0.280 e. The van der Waals surface area contributed by atoms with Gasteiger partial charge < -0.3 is 9.40 Å². The van der Waals surface area contributed by atoms with Crippen LogP contribution in [0.2, 0.25) is 5.02 Å². The Kier molecular flexibility index (Phi) is 4.88. The number of hydrogen-bond acceptors (Lipinski definition) is 6. The molecule has 0 aliphatic heterocycles. The lowest BCUT2D eigenvalue weighted by atomic mass is 10.1. The summed E-state index contributed by atoms with van der Waals surface area (Å²) in [5, 5.41) is 21.5. The van der Waals surface area contributed by atoms with Crippen LogP contribution in [0, 0.1) is 21.4 Å². The fourth-order valence-corrected chi connectivity index (χ4v) is 3.12. The van der Waals surface area contributed by atoms with E-state index in [1.165, 1.54) is 18.2 Å². The van der Waals surface area contributed by atoms with E-state index in [0.717, 1.165) is 0 Å². The van der Waals surface area contributed by atoms with Crippen molar-refractivity contribution in [3.63, 3.8) is 0 Å². The summed E-state index contributed by atoms with van der Waals surface area (Å²) in [4.78, 5) is 29.9. The van der Waals surface area contributed by atoms with Gasteiger partial charge in [0.25, 0.3) is 11.2 Å². The second-order valence-corrected chi connectivity index (χ2v) is 6.66. The number of H-pyrrole nitrogens is 1. The van der Waals surface area contributed by atoms with Gasteiger partial charge in [-0.25, -0.2) is 4.98 Å². The van der Waals surface area contributed by atoms with Crippen molar-refractivity contribution in [3.05, 3.63) is 91.7 Å².